The summed E-state index contributed by atoms with van der Waals surface area (Å²) in [6.07, 6.45) is 1.96. The molecule has 1 atom stereocenters. The van der Waals surface area contributed by atoms with Crippen LogP contribution in [0, 0.1) is 13.8 Å². The molecule has 2 N–H and O–H groups in total. The second-order valence-electron chi connectivity index (χ2n) is 5.32. The maximum Gasteiger partial charge on any atom is 0.119 e. The first-order valence-electron chi connectivity index (χ1n) is 7.49. The second-order valence-corrected chi connectivity index (χ2v) is 6.56. The second kappa shape index (κ2) is 7.57. The van der Waals surface area contributed by atoms with Crippen molar-refractivity contribution in [2.24, 2.45) is 5.73 Å². The molecule has 2 rings (SSSR count). The number of nitrogens with zero attached hydrogens (tertiary/aromatic N) is 1. The summed E-state index contributed by atoms with van der Waals surface area (Å²) in [5.41, 5.74) is 8.35. The molecule has 0 saturated heterocycles. The SMILES string of the molecule is CCCOc1ccc(CC(CN)c2nc(C)c(C)s2)cc1. The van der Waals surface area contributed by atoms with Gasteiger partial charge in [0.2, 0.25) is 0 Å². The minimum absolute atomic E-state index is 0.296. The van der Waals surface area contributed by atoms with Gasteiger partial charge in [0.05, 0.1) is 17.3 Å². The van der Waals surface area contributed by atoms with Crippen molar-refractivity contribution in [1.82, 2.24) is 4.98 Å². The molecule has 0 radical (unpaired) electrons. The predicted octanol–water partition coefficient (Wildman–Crippen LogP) is 3.83. The summed E-state index contributed by atoms with van der Waals surface area (Å²) in [6.45, 7) is 7.67. The van der Waals surface area contributed by atoms with Crippen molar-refractivity contribution in [2.45, 2.75) is 39.5 Å². The number of benzene rings is 1. The summed E-state index contributed by atoms with van der Waals surface area (Å²) in [7, 11) is 0. The van der Waals surface area contributed by atoms with Gasteiger partial charge in [-0.25, -0.2) is 4.98 Å². The fourth-order valence-electron chi connectivity index (χ4n) is 2.17. The Labute approximate surface area is 131 Å². The van der Waals surface area contributed by atoms with Crippen LogP contribution in [0.4, 0.5) is 0 Å². The third-order valence-corrected chi connectivity index (χ3v) is 4.79. The van der Waals surface area contributed by atoms with Crippen LogP contribution in [0.3, 0.4) is 0 Å². The van der Waals surface area contributed by atoms with Gasteiger partial charge in [-0.3, -0.25) is 0 Å². The number of thiazole rings is 1. The van der Waals surface area contributed by atoms with E-state index in [1.165, 1.54) is 10.4 Å². The molecule has 0 spiro atoms. The molecule has 114 valence electrons. The van der Waals surface area contributed by atoms with E-state index in [0.29, 0.717) is 12.5 Å². The Morgan fingerprint density at radius 3 is 2.48 bits per heavy atom. The van der Waals surface area contributed by atoms with Crippen LogP contribution in [0.15, 0.2) is 24.3 Å². The lowest BCUT2D eigenvalue weighted by molar-refractivity contribution is 0.317. The van der Waals surface area contributed by atoms with Crippen LogP contribution in [0.25, 0.3) is 0 Å². The minimum atomic E-state index is 0.296. The molecular weight excluding hydrogens is 280 g/mol. The zero-order valence-electron chi connectivity index (χ0n) is 13.1. The maximum absolute atomic E-state index is 5.95. The van der Waals surface area contributed by atoms with E-state index in [0.717, 1.165) is 35.9 Å². The van der Waals surface area contributed by atoms with Gasteiger partial charge in [-0.1, -0.05) is 19.1 Å². The average Bonchev–Trinajstić information content (AvgIpc) is 2.83. The molecule has 1 unspecified atom stereocenters. The summed E-state index contributed by atoms with van der Waals surface area (Å²) < 4.78 is 5.61. The molecule has 21 heavy (non-hydrogen) atoms. The Hall–Kier alpha value is -1.39. The highest BCUT2D eigenvalue weighted by Gasteiger charge is 2.16. The molecule has 0 aliphatic rings. The molecule has 1 aromatic heterocycles. The van der Waals surface area contributed by atoms with Gasteiger partial charge in [0, 0.05) is 17.3 Å². The monoisotopic (exact) mass is 304 g/mol. The Morgan fingerprint density at radius 2 is 1.95 bits per heavy atom. The first-order valence-corrected chi connectivity index (χ1v) is 8.31. The van der Waals surface area contributed by atoms with E-state index in [2.05, 4.69) is 37.9 Å². The predicted molar refractivity (Wildman–Crippen MR) is 89.3 cm³/mol. The quantitative estimate of drug-likeness (QED) is 0.845. The van der Waals surface area contributed by atoms with Crippen molar-refractivity contribution in [2.75, 3.05) is 13.2 Å². The van der Waals surface area contributed by atoms with Crippen molar-refractivity contribution in [3.05, 3.63) is 45.4 Å². The van der Waals surface area contributed by atoms with Gasteiger partial charge in [0.1, 0.15) is 5.75 Å². The van der Waals surface area contributed by atoms with Crippen molar-refractivity contribution in [3.8, 4) is 5.75 Å². The summed E-state index contributed by atoms with van der Waals surface area (Å²) in [5, 5.41) is 1.15. The van der Waals surface area contributed by atoms with E-state index in [1.807, 2.05) is 12.1 Å². The minimum Gasteiger partial charge on any atom is -0.494 e. The van der Waals surface area contributed by atoms with Crippen molar-refractivity contribution in [3.63, 3.8) is 0 Å². The number of aryl methyl sites for hydroxylation is 2. The molecule has 0 saturated carbocycles. The number of nitrogens with two attached hydrogens (primary N) is 1. The number of hydrogen-bond donors (Lipinski definition) is 1. The van der Waals surface area contributed by atoms with Crippen LogP contribution in [0.2, 0.25) is 0 Å². The fraction of sp³-hybridized carbons (Fsp3) is 0.471. The molecule has 0 aliphatic carbocycles. The summed E-state index contributed by atoms with van der Waals surface area (Å²) in [6, 6.07) is 8.33. The number of aromatic nitrogens is 1. The van der Waals surface area contributed by atoms with Crippen LogP contribution in [0.1, 0.15) is 40.4 Å². The van der Waals surface area contributed by atoms with E-state index >= 15 is 0 Å². The van der Waals surface area contributed by atoms with Gasteiger partial charge in [-0.05, 0) is 44.4 Å². The van der Waals surface area contributed by atoms with E-state index < -0.39 is 0 Å². The Kier molecular flexibility index (Phi) is 5.76. The summed E-state index contributed by atoms with van der Waals surface area (Å²) >= 11 is 1.76. The molecule has 0 bridgehead atoms. The highest BCUT2D eigenvalue weighted by Crippen LogP contribution is 2.27. The topological polar surface area (TPSA) is 48.1 Å². The molecule has 0 fully saturated rings. The maximum atomic E-state index is 5.95. The molecular formula is C17H24N2OS. The van der Waals surface area contributed by atoms with Crippen LogP contribution in [-0.4, -0.2) is 18.1 Å². The molecule has 0 aliphatic heterocycles. The van der Waals surface area contributed by atoms with E-state index in [-0.39, 0.29) is 0 Å². The molecule has 1 aromatic carbocycles. The van der Waals surface area contributed by atoms with E-state index in [4.69, 9.17) is 10.5 Å². The molecule has 0 amide bonds. The molecule has 2 aromatic rings. The van der Waals surface area contributed by atoms with Gasteiger partial charge in [0.25, 0.3) is 0 Å². The Bertz CT molecular complexity index is 543. The Balaban J connectivity index is 2.04. The third-order valence-electron chi connectivity index (χ3n) is 3.56. The first kappa shape index (κ1) is 16.0. The first-order chi connectivity index (χ1) is 10.1. The average molecular weight is 304 g/mol. The van der Waals surface area contributed by atoms with Crippen LogP contribution >= 0.6 is 11.3 Å². The lowest BCUT2D eigenvalue weighted by Crippen LogP contribution is -2.15. The summed E-state index contributed by atoms with van der Waals surface area (Å²) in [5.74, 6) is 1.23. The van der Waals surface area contributed by atoms with Crippen molar-refractivity contribution >= 4 is 11.3 Å². The zero-order chi connectivity index (χ0) is 15.2. The molecule has 3 nitrogen and oxygen atoms in total. The largest absolute Gasteiger partial charge is 0.494 e. The standard InChI is InChI=1S/C17H24N2OS/c1-4-9-20-16-7-5-14(6-8-16)10-15(11-18)17-19-12(2)13(3)21-17/h5-8,15H,4,9-11,18H2,1-3H3. The number of rotatable bonds is 7. The van der Waals surface area contributed by atoms with Gasteiger partial charge < -0.3 is 10.5 Å². The lowest BCUT2D eigenvalue weighted by Gasteiger charge is -2.12. The fourth-order valence-corrected chi connectivity index (χ4v) is 3.21. The zero-order valence-corrected chi connectivity index (χ0v) is 13.9. The van der Waals surface area contributed by atoms with E-state index in [1.54, 1.807) is 11.3 Å². The smallest absolute Gasteiger partial charge is 0.119 e. The summed E-state index contributed by atoms with van der Waals surface area (Å²) in [4.78, 5) is 5.93. The third kappa shape index (κ3) is 4.29. The van der Waals surface area contributed by atoms with Crippen LogP contribution in [-0.2, 0) is 6.42 Å². The normalized spacial score (nSPS) is 12.4. The van der Waals surface area contributed by atoms with Gasteiger partial charge in [-0.15, -0.1) is 11.3 Å². The van der Waals surface area contributed by atoms with Gasteiger partial charge in [-0.2, -0.15) is 0 Å². The molecule has 4 heteroatoms. The lowest BCUT2D eigenvalue weighted by atomic mass is 10.00. The number of ether oxygens (including phenoxy) is 1. The van der Waals surface area contributed by atoms with Gasteiger partial charge >= 0.3 is 0 Å². The highest BCUT2D eigenvalue weighted by atomic mass is 32.1. The highest BCUT2D eigenvalue weighted by molar-refractivity contribution is 7.11. The molecule has 1 heterocycles. The van der Waals surface area contributed by atoms with E-state index in [9.17, 15) is 0 Å². The van der Waals surface area contributed by atoms with Gasteiger partial charge in [0.15, 0.2) is 0 Å². The Morgan fingerprint density at radius 1 is 1.24 bits per heavy atom. The number of hydrogen-bond acceptors (Lipinski definition) is 4. The van der Waals surface area contributed by atoms with Crippen molar-refractivity contribution in [1.29, 1.82) is 0 Å². The van der Waals surface area contributed by atoms with Crippen molar-refractivity contribution < 1.29 is 4.74 Å². The van der Waals surface area contributed by atoms with Crippen LogP contribution < -0.4 is 10.5 Å². The van der Waals surface area contributed by atoms with Crippen LogP contribution in [0.5, 0.6) is 5.75 Å².